The maximum absolute atomic E-state index is 12.1. The van der Waals surface area contributed by atoms with Gasteiger partial charge in [-0.05, 0) is 25.5 Å². The number of esters is 1. The molecule has 104 valence electrons. The average molecular weight is 272 g/mol. The third kappa shape index (κ3) is 2.61. The monoisotopic (exact) mass is 272 g/mol. The molecule has 2 aromatic rings. The van der Waals surface area contributed by atoms with E-state index >= 15 is 0 Å². The zero-order chi connectivity index (χ0) is 14.7. The minimum atomic E-state index is -0.717. The van der Waals surface area contributed by atoms with Crippen LogP contribution in [0.25, 0.3) is 5.69 Å². The first-order valence-electron chi connectivity index (χ1n) is 6.35. The summed E-state index contributed by atoms with van der Waals surface area (Å²) in [5, 5.41) is 4.08. The number of aromatic nitrogens is 2. The van der Waals surface area contributed by atoms with E-state index in [-0.39, 0.29) is 11.1 Å². The zero-order valence-corrected chi connectivity index (χ0v) is 11.7. The number of hydrogen-bond donors (Lipinski definition) is 0. The van der Waals surface area contributed by atoms with Crippen LogP contribution in [0.2, 0.25) is 0 Å². The number of methoxy groups -OCH3 is 1. The zero-order valence-electron chi connectivity index (χ0n) is 11.7. The number of ether oxygens (including phenoxy) is 1. The first kappa shape index (κ1) is 14.0. The molecule has 0 saturated carbocycles. The molecule has 0 aliphatic rings. The summed E-state index contributed by atoms with van der Waals surface area (Å²) in [5.41, 5.74) is 1.88. The molecule has 0 radical (unpaired) electrons. The molecule has 20 heavy (non-hydrogen) atoms. The van der Waals surface area contributed by atoms with Gasteiger partial charge in [0.25, 0.3) is 0 Å². The lowest BCUT2D eigenvalue weighted by atomic mass is 10.2. The number of aryl methyl sites for hydroxylation is 2. The molecule has 0 amide bonds. The van der Waals surface area contributed by atoms with Gasteiger partial charge < -0.3 is 4.74 Å². The highest BCUT2D eigenvalue weighted by atomic mass is 16.5. The van der Waals surface area contributed by atoms with Gasteiger partial charge in [0.05, 0.1) is 12.8 Å². The summed E-state index contributed by atoms with van der Waals surface area (Å²) in [4.78, 5) is 23.7. The fourth-order valence-corrected chi connectivity index (χ4v) is 1.85. The summed E-state index contributed by atoms with van der Waals surface area (Å²) >= 11 is 0. The average Bonchev–Trinajstić information content (AvgIpc) is 2.47. The van der Waals surface area contributed by atoms with Crippen LogP contribution in [-0.4, -0.2) is 22.9 Å². The molecule has 1 heterocycles. The van der Waals surface area contributed by atoms with Gasteiger partial charge in [-0.25, -0.2) is 9.48 Å². The van der Waals surface area contributed by atoms with Gasteiger partial charge >= 0.3 is 5.97 Å². The van der Waals surface area contributed by atoms with Crippen LogP contribution >= 0.6 is 0 Å². The second-order valence-corrected chi connectivity index (χ2v) is 4.46. The molecule has 5 nitrogen and oxygen atoms in total. The largest absolute Gasteiger partial charge is 0.464 e. The molecule has 1 aromatic carbocycles. The Hall–Kier alpha value is -2.43. The Labute approximate surface area is 116 Å². The number of nitrogens with zero attached hydrogens (tertiary/aromatic N) is 2. The van der Waals surface area contributed by atoms with E-state index in [0.29, 0.717) is 12.0 Å². The predicted octanol–water partition coefficient (Wildman–Crippen LogP) is 1.89. The van der Waals surface area contributed by atoms with Crippen LogP contribution in [0, 0.1) is 6.92 Å². The Bertz CT molecular complexity index is 687. The molecular weight excluding hydrogens is 256 g/mol. The number of hydrogen-bond acceptors (Lipinski definition) is 4. The lowest BCUT2D eigenvalue weighted by Gasteiger charge is -2.09. The molecule has 0 N–H and O–H groups in total. The first-order chi connectivity index (χ1) is 9.56. The molecule has 0 aliphatic carbocycles. The number of benzene rings is 1. The Morgan fingerprint density at radius 1 is 1.30 bits per heavy atom. The van der Waals surface area contributed by atoms with Crippen molar-refractivity contribution >= 4 is 5.97 Å². The summed E-state index contributed by atoms with van der Waals surface area (Å²) in [6.07, 6.45) is 2.18. The minimum absolute atomic E-state index is 0.188. The van der Waals surface area contributed by atoms with Crippen LogP contribution in [0.3, 0.4) is 0 Å². The molecule has 0 unspecified atom stereocenters. The van der Waals surface area contributed by atoms with E-state index in [1.165, 1.54) is 11.8 Å². The van der Waals surface area contributed by atoms with Gasteiger partial charge in [-0.3, -0.25) is 4.79 Å². The van der Waals surface area contributed by atoms with Gasteiger partial charge in [-0.2, -0.15) is 5.10 Å². The van der Waals surface area contributed by atoms with Crippen molar-refractivity contribution in [2.45, 2.75) is 20.3 Å². The topological polar surface area (TPSA) is 61.2 Å². The van der Waals surface area contributed by atoms with E-state index in [2.05, 4.69) is 9.84 Å². The maximum Gasteiger partial charge on any atom is 0.362 e. The molecule has 0 aliphatic heterocycles. The number of carbonyl (C=O) groups excluding carboxylic acids is 1. The molecule has 0 bridgehead atoms. The highest BCUT2D eigenvalue weighted by Crippen LogP contribution is 2.09. The highest BCUT2D eigenvalue weighted by Gasteiger charge is 2.17. The second kappa shape index (κ2) is 5.69. The molecule has 0 atom stereocenters. The molecule has 1 aromatic heterocycles. The fourth-order valence-electron chi connectivity index (χ4n) is 1.85. The van der Waals surface area contributed by atoms with Gasteiger partial charge in [0.1, 0.15) is 0 Å². The van der Waals surface area contributed by atoms with Crippen LogP contribution in [0.1, 0.15) is 28.5 Å². The van der Waals surface area contributed by atoms with Crippen molar-refractivity contribution in [2.24, 2.45) is 0 Å². The number of carbonyl (C=O) groups is 1. The van der Waals surface area contributed by atoms with Crippen LogP contribution in [0.5, 0.6) is 0 Å². The molecule has 5 heteroatoms. The van der Waals surface area contributed by atoms with Crippen molar-refractivity contribution in [1.29, 1.82) is 0 Å². The molecular formula is C15H16N2O3. The van der Waals surface area contributed by atoms with Gasteiger partial charge in [0.2, 0.25) is 11.1 Å². The second-order valence-electron chi connectivity index (χ2n) is 4.46. The first-order valence-corrected chi connectivity index (χ1v) is 6.35. The summed E-state index contributed by atoms with van der Waals surface area (Å²) in [7, 11) is 1.23. The van der Waals surface area contributed by atoms with Crippen molar-refractivity contribution in [2.75, 3.05) is 7.11 Å². The standard InChI is InChI=1S/C15H16N2O3/c1-4-11-9-17(12-7-5-10(2)6-8-12)16-13(14(11)18)15(19)20-3/h5-9H,4H2,1-3H3. The summed E-state index contributed by atoms with van der Waals surface area (Å²) in [5.74, 6) is -0.717. The smallest absolute Gasteiger partial charge is 0.362 e. The lowest BCUT2D eigenvalue weighted by molar-refractivity contribution is 0.0590. The molecule has 0 fully saturated rings. The molecule has 0 spiro atoms. The SMILES string of the molecule is CCc1cn(-c2ccc(C)cc2)nc(C(=O)OC)c1=O. The van der Waals surface area contributed by atoms with Gasteiger partial charge in [0, 0.05) is 11.8 Å². The Kier molecular flexibility index (Phi) is 3.98. The van der Waals surface area contributed by atoms with Crippen molar-refractivity contribution in [3.8, 4) is 5.69 Å². The summed E-state index contributed by atoms with van der Waals surface area (Å²) in [6, 6.07) is 7.65. The van der Waals surface area contributed by atoms with E-state index in [0.717, 1.165) is 11.3 Å². The van der Waals surface area contributed by atoms with E-state index < -0.39 is 5.97 Å². The van der Waals surface area contributed by atoms with E-state index in [9.17, 15) is 9.59 Å². The maximum atomic E-state index is 12.1. The highest BCUT2D eigenvalue weighted by molar-refractivity contribution is 5.87. The number of rotatable bonds is 3. The van der Waals surface area contributed by atoms with Crippen LogP contribution in [-0.2, 0) is 11.2 Å². The van der Waals surface area contributed by atoms with Crippen LogP contribution in [0.4, 0.5) is 0 Å². The minimum Gasteiger partial charge on any atom is -0.464 e. The van der Waals surface area contributed by atoms with Crippen molar-refractivity contribution < 1.29 is 9.53 Å². The molecule has 0 saturated heterocycles. The lowest BCUT2D eigenvalue weighted by Crippen LogP contribution is -2.25. The van der Waals surface area contributed by atoms with E-state index in [1.54, 1.807) is 6.20 Å². The van der Waals surface area contributed by atoms with E-state index in [4.69, 9.17) is 0 Å². The van der Waals surface area contributed by atoms with Crippen molar-refractivity contribution in [3.05, 3.63) is 57.5 Å². The third-order valence-corrected chi connectivity index (χ3v) is 3.05. The van der Waals surface area contributed by atoms with Crippen LogP contribution in [0.15, 0.2) is 35.3 Å². The van der Waals surface area contributed by atoms with Crippen LogP contribution < -0.4 is 5.43 Å². The van der Waals surface area contributed by atoms with Gasteiger partial charge in [-0.1, -0.05) is 24.6 Å². The quantitative estimate of drug-likeness (QED) is 0.800. The Morgan fingerprint density at radius 3 is 2.50 bits per heavy atom. The summed E-state index contributed by atoms with van der Waals surface area (Å²) < 4.78 is 6.15. The normalized spacial score (nSPS) is 10.3. The van der Waals surface area contributed by atoms with Gasteiger partial charge in [-0.15, -0.1) is 0 Å². The summed E-state index contributed by atoms with van der Waals surface area (Å²) in [6.45, 7) is 3.84. The fraction of sp³-hybridized carbons (Fsp3) is 0.267. The van der Waals surface area contributed by atoms with Gasteiger partial charge in [0.15, 0.2) is 0 Å². The van der Waals surface area contributed by atoms with Crippen molar-refractivity contribution in [1.82, 2.24) is 9.78 Å². The third-order valence-electron chi connectivity index (χ3n) is 3.05. The molecule has 2 rings (SSSR count). The predicted molar refractivity (Wildman–Crippen MR) is 75.3 cm³/mol. The van der Waals surface area contributed by atoms with Crippen molar-refractivity contribution in [3.63, 3.8) is 0 Å². The Balaban J connectivity index is 2.62. The van der Waals surface area contributed by atoms with E-state index in [1.807, 2.05) is 38.1 Å². The Morgan fingerprint density at radius 2 is 1.95 bits per heavy atom.